The van der Waals surface area contributed by atoms with Crippen molar-refractivity contribution in [1.82, 2.24) is 10.2 Å². The fraction of sp³-hybridized carbons (Fsp3) is 1.00. The normalized spacial score (nSPS) is 22.3. The Bertz CT molecular complexity index is 161. The first kappa shape index (κ1) is 12.0. The van der Waals surface area contributed by atoms with E-state index in [1.807, 2.05) is 0 Å². The monoisotopic (exact) mass is 198 g/mol. The highest BCUT2D eigenvalue weighted by Crippen LogP contribution is 2.29. The van der Waals surface area contributed by atoms with E-state index in [-0.39, 0.29) is 0 Å². The third kappa shape index (κ3) is 2.48. The first-order valence-electron chi connectivity index (χ1n) is 5.96. The largest absolute Gasteiger partial charge is 0.317 e. The zero-order valence-corrected chi connectivity index (χ0v) is 10.4. The molecular weight excluding hydrogens is 172 g/mol. The molecule has 1 aliphatic rings. The molecule has 0 amide bonds. The third-order valence-corrected chi connectivity index (χ3v) is 3.42. The van der Waals surface area contributed by atoms with Crippen molar-refractivity contribution < 1.29 is 0 Å². The predicted molar refractivity (Wildman–Crippen MR) is 62.6 cm³/mol. The Balaban J connectivity index is 2.74. The molecule has 0 bridgehead atoms. The molecule has 0 aromatic rings. The Kier molecular flexibility index (Phi) is 3.96. The van der Waals surface area contributed by atoms with Crippen LogP contribution < -0.4 is 5.32 Å². The number of hydrogen-bond donors (Lipinski definition) is 1. The van der Waals surface area contributed by atoms with Crippen LogP contribution >= 0.6 is 0 Å². The number of piperidine rings is 1. The molecule has 1 fully saturated rings. The van der Waals surface area contributed by atoms with Crippen molar-refractivity contribution in [3.05, 3.63) is 0 Å². The van der Waals surface area contributed by atoms with Crippen molar-refractivity contribution >= 4 is 0 Å². The van der Waals surface area contributed by atoms with E-state index in [0.717, 1.165) is 0 Å². The van der Waals surface area contributed by atoms with Crippen molar-refractivity contribution in [3.63, 3.8) is 0 Å². The highest BCUT2D eigenvalue weighted by Gasteiger charge is 2.35. The van der Waals surface area contributed by atoms with Crippen LogP contribution in [0.15, 0.2) is 0 Å². The Morgan fingerprint density at radius 2 is 1.43 bits per heavy atom. The van der Waals surface area contributed by atoms with E-state index >= 15 is 0 Å². The second kappa shape index (κ2) is 4.63. The highest BCUT2D eigenvalue weighted by molar-refractivity contribution is 4.93. The summed E-state index contributed by atoms with van der Waals surface area (Å²) in [7, 11) is 0. The van der Waals surface area contributed by atoms with Crippen molar-refractivity contribution in [1.29, 1.82) is 0 Å². The van der Waals surface area contributed by atoms with Crippen LogP contribution in [0.3, 0.4) is 0 Å². The summed E-state index contributed by atoms with van der Waals surface area (Å²) in [6.07, 6.45) is 2.56. The van der Waals surface area contributed by atoms with Gasteiger partial charge in [0.15, 0.2) is 0 Å². The van der Waals surface area contributed by atoms with Gasteiger partial charge in [-0.25, -0.2) is 0 Å². The predicted octanol–water partition coefficient (Wildman–Crippen LogP) is 2.25. The van der Waals surface area contributed by atoms with Crippen LogP contribution in [0.5, 0.6) is 0 Å². The molecule has 0 aromatic heterocycles. The van der Waals surface area contributed by atoms with Crippen molar-refractivity contribution in [2.45, 2.75) is 65.1 Å². The van der Waals surface area contributed by atoms with E-state index in [0.29, 0.717) is 17.6 Å². The zero-order chi connectivity index (χ0) is 10.8. The molecule has 84 valence electrons. The van der Waals surface area contributed by atoms with Crippen molar-refractivity contribution in [2.24, 2.45) is 0 Å². The maximum Gasteiger partial charge on any atom is 0.0210 e. The molecule has 0 atom stereocenters. The second-order valence-electron chi connectivity index (χ2n) is 5.34. The molecule has 0 radical (unpaired) electrons. The summed E-state index contributed by atoms with van der Waals surface area (Å²) < 4.78 is 0. The lowest BCUT2D eigenvalue weighted by atomic mass is 9.86. The van der Waals surface area contributed by atoms with Crippen LogP contribution in [-0.4, -0.2) is 35.6 Å². The molecule has 0 aromatic carbocycles. The van der Waals surface area contributed by atoms with Gasteiger partial charge in [-0.2, -0.15) is 0 Å². The highest BCUT2D eigenvalue weighted by atomic mass is 15.2. The summed E-state index contributed by atoms with van der Waals surface area (Å²) in [4.78, 5) is 2.67. The first-order valence-corrected chi connectivity index (χ1v) is 5.96. The summed E-state index contributed by atoms with van der Waals surface area (Å²) in [6.45, 7) is 14.0. The zero-order valence-electron chi connectivity index (χ0n) is 10.4. The van der Waals surface area contributed by atoms with Gasteiger partial charge in [0.1, 0.15) is 0 Å². The minimum atomic E-state index is 0.410. The fourth-order valence-corrected chi connectivity index (χ4v) is 3.07. The summed E-state index contributed by atoms with van der Waals surface area (Å²) in [5.41, 5.74) is 0.410. The molecule has 0 unspecified atom stereocenters. The lowest BCUT2D eigenvalue weighted by Crippen LogP contribution is -2.57. The Labute approximate surface area is 89.1 Å². The van der Waals surface area contributed by atoms with Gasteiger partial charge >= 0.3 is 0 Å². The Morgan fingerprint density at radius 1 is 1.00 bits per heavy atom. The third-order valence-electron chi connectivity index (χ3n) is 3.42. The lowest BCUT2D eigenvalue weighted by molar-refractivity contribution is 0.0157. The minimum absolute atomic E-state index is 0.410. The molecule has 1 saturated heterocycles. The summed E-state index contributed by atoms with van der Waals surface area (Å²) >= 11 is 0. The number of hydrogen-bond acceptors (Lipinski definition) is 2. The smallest absolute Gasteiger partial charge is 0.0210 e. The average Bonchev–Trinajstić information content (AvgIpc) is 2.02. The van der Waals surface area contributed by atoms with Crippen molar-refractivity contribution in [3.8, 4) is 0 Å². The minimum Gasteiger partial charge on any atom is -0.317 e. The average molecular weight is 198 g/mol. The van der Waals surface area contributed by atoms with Gasteiger partial charge in [0.25, 0.3) is 0 Å². The molecule has 14 heavy (non-hydrogen) atoms. The second-order valence-corrected chi connectivity index (χ2v) is 5.34. The fourth-order valence-electron chi connectivity index (χ4n) is 3.07. The van der Waals surface area contributed by atoms with Gasteiger partial charge in [0.2, 0.25) is 0 Å². The number of nitrogens with one attached hydrogen (secondary N) is 1. The molecule has 0 spiro atoms. The van der Waals surface area contributed by atoms with Crippen LogP contribution in [0.25, 0.3) is 0 Å². The number of nitrogens with zero attached hydrogens (tertiary/aromatic N) is 1. The van der Waals surface area contributed by atoms with Gasteiger partial charge in [-0.1, -0.05) is 0 Å². The van der Waals surface area contributed by atoms with Crippen LogP contribution in [0.2, 0.25) is 0 Å². The Hall–Kier alpha value is -0.0800. The molecule has 1 aliphatic heterocycles. The summed E-state index contributed by atoms with van der Waals surface area (Å²) in [5.74, 6) is 0. The molecule has 0 aliphatic carbocycles. The van der Waals surface area contributed by atoms with E-state index in [4.69, 9.17) is 0 Å². The van der Waals surface area contributed by atoms with Gasteiger partial charge in [-0.3, -0.25) is 4.90 Å². The number of rotatable bonds is 3. The van der Waals surface area contributed by atoms with E-state index in [1.165, 1.54) is 25.9 Å². The molecular formula is C12H26N2. The summed E-state index contributed by atoms with van der Waals surface area (Å²) in [5, 5.41) is 3.45. The molecule has 2 nitrogen and oxygen atoms in total. The van der Waals surface area contributed by atoms with Crippen LogP contribution in [0, 0.1) is 0 Å². The van der Waals surface area contributed by atoms with E-state index < -0.39 is 0 Å². The van der Waals surface area contributed by atoms with Crippen LogP contribution in [0.4, 0.5) is 0 Å². The Morgan fingerprint density at radius 3 is 1.79 bits per heavy atom. The maximum absolute atomic E-state index is 3.45. The van der Waals surface area contributed by atoms with Gasteiger partial charge in [0.05, 0.1) is 0 Å². The van der Waals surface area contributed by atoms with Gasteiger partial charge < -0.3 is 5.32 Å². The van der Waals surface area contributed by atoms with E-state index in [2.05, 4.69) is 44.8 Å². The molecule has 1 rings (SSSR count). The quantitative estimate of drug-likeness (QED) is 0.748. The molecule has 0 saturated carbocycles. The standard InChI is InChI=1S/C12H26N2/c1-10(2)14(11(3)4)12(5)6-8-13-9-7-12/h10-11,13H,6-9H2,1-5H3. The van der Waals surface area contributed by atoms with E-state index in [9.17, 15) is 0 Å². The van der Waals surface area contributed by atoms with Gasteiger partial charge in [-0.15, -0.1) is 0 Å². The van der Waals surface area contributed by atoms with Crippen LogP contribution in [0.1, 0.15) is 47.5 Å². The van der Waals surface area contributed by atoms with Crippen molar-refractivity contribution in [2.75, 3.05) is 13.1 Å². The van der Waals surface area contributed by atoms with Gasteiger partial charge in [-0.05, 0) is 60.5 Å². The summed E-state index contributed by atoms with van der Waals surface area (Å²) in [6, 6.07) is 1.30. The van der Waals surface area contributed by atoms with Gasteiger partial charge in [0, 0.05) is 17.6 Å². The molecule has 1 heterocycles. The molecule has 1 N–H and O–H groups in total. The van der Waals surface area contributed by atoms with Crippen LogP contribution in [-0.2, 0) is 0 Å². The molecule has 2 heteroatoms. The first-order chi connectivity index (χ1) is 6.47. The lowest BCUT2D eigenvalue weighted by Gasteiger charge is -2.49. The topological polar surface area (TPSA) is 15.3 Å². The maximum atomic E-state index is 3.45. The SMILES string of the molecule is CC(C)N(C(C)C)C1(C)CCNCC1. The van der Waals surface area contributed by atoms with E-state index in [1.54, 1.807) is 0 Å².